The number of nitrogens with zero attached hydrogens (tertiary/aromatic N) is 6. The van der Waals surface area contributed by atoms with Crippen LogP contribution in [0.25, 0.3) is 0 Å². The Morgan fingerprint density at radius 2 is 1.69 bits per heavy atom. The lowest BCUT2D eigenvalue weighted by molar-refractivity contribution is 0.310. The minimum absolute atomic E-state index is 0.429. The first-order valence-corrected chi connectivity index (χ1v) is 10.7. The van der Waals surface area contributed by atoms with Gasteiger partial charge in [0.1, 0.15) is 17.0 Å². The topological polar surface area (TPSA) is 78.8 Å². The predicted octanol–water partition coefficient (Wildman–Crippen LogP) is 5.69. The molecule has 0 unspecified atom stereocenters. The van der Waals surface area contributed by atoms with Crippen molar-refractivity contribution < 1.29 is 0 Å². The summed E-state index contributed by atoms with van der Waals surface area (Å²) < 4.78 is 0. The summed E-state index contributed by atoms with van der Waals surface area (Å²) in [5.41, 5.74) is 4.07. The molecule has 0 bridgehead atoms. The third-order valence-corrected chi connectivity index (χ3v) is 6.18. The van der Waals surface area contributed by atoms with E-state index in [9.17, 15) is 5.26 Å². The standard InChI is InChI=1S/C22H28N6S/c1-6-27(7-2)11-12-28(8-3)18-9-10-20(16(4)13-18)25-26-22-19(14-23)17(5)21(15-24)29-22/h9-10,13H,6-8,11-12H2,1-5H3/b26-25+. The van der Waals surface area contributed by atoms with Crippen LogP contribution >= 0.6 is 11.3 Å². The van der Waals surface area contributed by atoms with E-state index < -0.39 is 0 Å². The number of nitriles is 2. The van der Waals surface area contributed by atoms with E-state index in [1.165, 1.54) is 17.0 Å². The quantitative estimate of drug-likeness (QED) is 0.499. The summed E-state index contributed by atoms with van der Waals surface area (Å²) in [5, 5.41) is 27.6. The molecule has 0 saturated carbocycles. The molecule has 1 heterocycles. The van der Waals surface area contributed by atoms with Gasteiger partial charge in [0.05, 0.1) is 11.3 Å². The van der Waals surface area contributed by atoms with E-state index in [0.29, 0.717) is 21.0 Å². The van der Waals surface area contributed by atoms with Crippen LogP contribution in [0, 0.1) is 36.5 Å². The van der Waals surface area contributed by atoms with Crippen LogP contribution in [0.4, 0.5) is 16.4 Å². The van der Waals surface area contributed by atoms with Gasteiger partial charge >= 0.3 is 0 Å². The summed E-state index contributed by atoms with van der Waals surface area (Å²) in [7, 11) is 0. The summed E-state index contributed by atoms with van der Waals surface area (Å²) in [5.74, 6) is 0. The summed E-state index contributed by atoms with van der Waals surface area (Å²) in [6, 6.07) is 10.4. The molecule has 0 fully saturated rings. The molecule has 2 aromatic rings. The zero-order valence-corrected chi connectivity index (χ0v) is 18.7. The van der Waals surface area contributed by atoms with Crippen molar-refractivity contribution in [2.45, 2.75) is 34.6 Å². The molecular weight excluding hydrogens is 380 g/mol. The van der Waals surface area contributed by atoms with E-state index in [-0.39, 0.29) is 0 Å². The molecule has 6 nitrogen and oxygen atoms in total. The van der Waals surface area contributed by atoms with Crippen molar-refractivity contribution in [3.05, 3.63) is 39.8 Å². The molecular formula is C22H28N6S. The first-order valence-electron chi connectivity index (χ1n) is 9.92. The van der Waals surface area contributed by atoms with Gasteiger partial charge in [-0.15, -0.1) is 21.6 Å². The van der Waals surface area contributed by atoms with Crippen molar-refractivity contribution in [1.82, 2.24) is 4.90 Å². The minimum atomic E-state index is 0.429. The Morgan fingerprint density at radius 1 is 0.966 bits per heavy atom. The number of hydrogen-bond donors (Lipinski definition) is 0. The number of azo groups is 1. The molecule has 0 spiro atoms. The maximum Gasteiger partial charge on any atom is 0.158 e. The molecule has 0 aliphatic heterocycles. The zero-order chi connectivity index (χ0) is 21.4. The van der Waals surface area contributed by atoms with Gasteiger partial charge in [-0.25, -0.2) is 0 Å². The minimum Gasteiger partial charge on any atom is -0.371 e. The van der Waals surface area contributed by atoms with E-state index in [4.69, 9.17) is 5.26 Å². The lowest BCUT2D eigenvalue weighted by Gasteiger charge is -2.27. The van der Waals surface area contributed by atoms with Crippen molar-refractivity contribution in [2.24, 2.45) is 10.2 Å². The van der Waals surface area contributed by atoms with Gasteiger partial charge in [0.25, 0.3) is 0 Å². The Balaban J connectivity index is 2.20. The largest absolute Gasteiger partial charge is 0.371 e. The van der Waals surface area contributed by atoms with Gasteiger partial charge < -0.3 is 9.80 Å². The Morgan fingerprint density at radius 3 is 2.24 bits per heavy atom. The van der Waals surface area contributed by atoms with Gasteiger partial charge in [-0.3, -0.25) is 0 Å². The van der Waals surface area contributed by atoms with Crippen LogP contribution in [-0.2, 0) is 0 Å². The highest BCUT2D eigenvalue weighted by Gasteiger charge is 2.14. The Kier molecular flexibility index (Phi) is 8.33. The highest BCUT2D eigenvalue weighted by Crippen LogP contribution is 2.36. The number of rotatable bonds is 9. The van der Waals surface area contributed by atoms with Crippen molar-refractivity contribution >= 4 is 27.7 Å². The van der Waals surface area contributed by atoms with Gasteiger partial charge in [-0.05, 0) is 63.2 Å². The average Bonchev–Trinajstić information content (AvgIpc) is 3.05. The van der Waals surface area contributed by atoms with Crippen molar-refractivity contribution in [2.75, 3.05) is 37.6 Å². The van der Waals surface area contributed by atoms with E-state index in [2.05, 4.69) is 65.1 Å². The number of benzene rings is 1. The van der Waals surface area contributed by atoms with E-state index in [0.717, 1.165) is 44.0 Å². The number of anilines is 1. The zero-order valence-electron chi connectivity index (χ0n) is 17.9. The van der Waals surface area contributed by atoms with Crippen LogP contribution in [0.2, 0.25) is 0 Å². The molecule has 0 aliphatic rings. The molecule has 0 saturated heterocycles. The van der Waals surface area contributed by atoms with Gasteiger partial charge in [0, 0.05) is 25.3 Å². The monoisotopic (exact) mass is 408 g/mol. The Hall–Kier alpha value is -2.74. The van der Waals surface area contributed by atoms with Crippen LogP contribution in [0.1, 0.15) is 42.3 Å². The van der Waals surface area contributed by atoms with Crippen molar-refractivity contribution in [1.29, 1.82) is 10.5 Å². The van der Waals surface area contributed by atoms with Crippen LogP contribution in [0.3, 0.4) is 0 Å². The number of hydrogen-bond acceptors (Lipinski definition) is 7. The Bertz CT molecular complexity index is 943. The maximum atomic E-state index is 9.35. The van der Waals surface area contributed by atoms with Crippen LogP contribution < -0.4 is 4.90 Å². The summed E-state index contributed by atoms with van der Waals surface area (Å²) in [6.45, 7) is 15.4. The van der Waals surface area contributed by atoms with Crippen LogP contribution in [0.5, 0.6) is 0 Å². The average molecular weight is 409 g/mol. The summed E-state index contributed by atoms with van der Waals surface area (Å²) in [4.78, 5) is 5.29. The molecule has 0 atom stereocenters. The lowest BCUT2D eigenvalue weighted by atomic mass is 10.1. The number of thiophene rings is 1. The summed E-state index contributed by atoms with van der Waals surface area (Å²) >= 11 is 1.20. The molecule has 152 valence electrons. The lowest BCUT2D eigenvalue weighted by Crippen LogP contribution is -2.35. The van der Waals surface area contributed by atoms with Crippen LogP contribution in [-0.4, -0.2) is 37.6 Å². The van der Waals surface area contributed by atoms with E-state index >= 15 is 0 Å². The molecule has 0 aliphatic carbocycles. The maximum absolute atomic E-state index is 9.35. The molecule has 29 heavy (non-hydrogen) atoms. The molecule has 2 rings (SSSR count). The fourth-order valence-corrected chi connectivity index (χ4v) is 4.00. The van der Waals surface area contributed by atoms with Crippen molar-refractivity contribution in [3.8, 4) is 12.1 Å². The van der Waals surface area contributed by atoms with Gasteiger partial charge in [-0.2, -0.15) is 10.5 Å². The highest BCUT2D eigenvalue weighted by atomic mass is 32.1. The van der Waals surface area contributed by atoms with Crippen LogP contribution in [0.15, 0.2) is 28.4 Å². The smallest absolute Gasteiger partial charge is 0.158 e. The SMILES string of the molecule is CCN(CC)CCN(CC)c1ccc(/N=N/c2sc(C#N)c(C)c2C#N)c(C)c1. The number of likely N-dealkylation sites (N-methyl/N-ethyl adjacent to an activating group) is 2. The van der Waals surface area contributed by atoms with Crippen molar-refractivity contribution in [3.63, 3.8) is 0 Å². The fraction of sp³-hybridized carbons (Fsp3) is 0.455. The normalized spacial score (nSPS) is 11.0. The third-order valence-electron chi connectivity index (χ3n) is 5.10. The molecule has 0 N–H and O–H groups in total. The second-order valence-electron chi connectivity index (χ2n) is 6.74. The summed E-state index contributed by atoms with van der Waals surface area (Å²) in [6.07, 6.45) is 0. The first-order chi connectivity index (χ1) is 14.0. The highest BCUT2D eigenvalue weighted by molar-refractivity contribution is 7.16. The fourth-order valence-electron chi connectivity index (χ4n) is 3.13. The number of aryl methyl sites for hydroxylation is 1. The molecule has 1 aromatic carbocycles. The molecule has 0 amide bonds. The molecule has 1 aromatic heterocycles. The van der Waals surface area contributed by atoms with E-state index in [1.54, 1.807) is 6.92 Å². The molecule has 0 radical (unpaired) electrons. The first kappa shape index (κ1) is 22.5. The van der Waals surface area contributed by atoms with E-state index in [1.807, 2.05) is 13.0 Å². The van der Waals surface area contributed by atoms with Gasteiger partial charge in [0.15, 0.2) is 5.00 Å². The second-order valence-corrected chi connectivity index (χ2v) is 7.74. The Labute approximate surface area is 177 Å². The molecule has 7 heteroatoms. The van der Waals surface area contributed by atoms with Gasteiger partial charge in [-0.1, -0.05) is 13.8 Å². The second kappa shape index (κ2) is 10.7. The third kappa shape index (κ3) is 5.41. The predicted molar refractivity (Wildman–Crippen MR) is 120 cm³/mol. The van der Waals surface area contributed by atoms with Gasteiger partial charge in [0.2, 0.25) is 0 Å².